The Kier molecular flexibility index (Phi) is 5.27. The summed E-state index contributed by atoms with van der Waals surface area (Å²) in [6.07, 6.45) is -2.46. The fraction of sp³-hybridized carbons (Fsp3) is 0.571. The summed E-state index contributed by atoms with van der Waals surface area (Å²) in [6, 6.07) is -1.42. The molecule has 0 aliphatic carbocycles. The summed E-state index contributed by atoms with van der Waals surface area (Å²) in [5.41, 5.74) is 0. The number of aliphatic carboxylic acids is 3. The first kappa shape index (κ1) is 13.3. The van der Waals surface area contributed by atoms with Gasteiger partial charge in [-0.1, -0.05) is 0 Å². The second-order valence-corrected chi connectivity index (χ2v) is 2.75. The monoisotopic (exact) mass is 221 g/mol. The van der Waals surface area contributed by atoms with Crippen LogP contribution in [0.25, 0.3) is 0 Å². The van der Waals surface area contributed by atoms with Crippen molar-refractivity contribution >= 4 is 17.9 Å². The Bertz CT molecular complexity index is 264. The first-order valence-corrected chi connectivity index (χ1v) is 3.93. The van der Waals surface area contributed by atoms with Crippen LogP contribution in [-0.2, 0) is 14.4 Å². The molecule has 8 nitrogen and oxygen atoms in total. The number of carbonyl (C=O) groups is 3. The van der Waals surface area contributed by atoms with Crippen molar-refractivity contribution in [2.45, 2.75) is 18.6 Å². The average Bonchev–Trinajstić information content (AvgIpc) is 2.10. The van der Waals surface area contributed by atoms with Crippen LogP contribution in [0.1, 0.15) is 6.42 Å². The highest BCUT2D eigenvalue weighted by molar-refractivity contribution is 5.80. The predicted molar refractivity (Wildman–Crippen MR) is 45.3 cm³/mol. The summed E-state index contributed by atoms with van der Waals surface area (Å²) >= 11 is 0. The SMILES string of the molecule is O=C(O)CC(NCC(O)C(=O)O)C(=O)O. The zero-order chi connectivity index (χ0) is 12.0. The van der Waals surface area contributed by atoms with Gasteiger partial charge in [0.1, 0.15) is 6.04 Å². The smallest absolute Gasteiger partial charge is 0.333 e. The number of hydrogen-bond donors (Lipinski definition) is 5. The van der Waals surface area contributed by atoms with Crippen LogP contribution in [-0.4, -0.2) is 57.0 Å². The normalized spacial score (nSPS) is 14.2. The lowest BCUT2D eigenvalue weighted by molar-refractivity contribution is -0.148. The fourth-order valence-electron chi connectivity index (χ4n) is 0.763. The molecule has 0 aromatic heterocycles. The van der Waals surface area contributed by atoms with Gasteiger partial charge in [-0.15, -0.1) is 0 Å². The first-order chi connectivity index (χ1) is 6.84. The Morgan fingerprint density at radius 2 is 1.60 bits per heavy atom. The summed E-state index contributed by atoms with van der Waals surface area (Å²) in [5, 5.41) is 36.0. The number of hydrogen-bond acceptors (Lipinski definition) is 5. The van der Waals surface area contributed by atoms with E-state index in [0.717, 1.165) is 0 Å². The van der Waals surface area contributed by atoms with E-state index in [4.69, 9.17) is 20.4 Å². The molecule has 0 radical (unpaired) electrons. The van der Waals surface area contributed by atoms with E-state index >= 15 is 0 Å². The minimum atomic E-state index is -1.76. The maximum absolute atomic E-state index is 10.5. The van der Waals surface area contributed by atoms with Gasteiger partial charge in [0.2, 0.25) is 0 Å². The van der Waals surface area contributed by atoms with Crippen LogP contribution in [0, 0.1) is 0 Å². The van der Waals surface area contributed by atoms with E-state index in [0.29, 0.717) is 0 Å². The third-order valence-corrected chi connectivity index (χ3v) is 1.52. The van der Waals surface area contributed by atoms with Gasteiger partial charge in [0.05, 0.1) is 6.42 Å². The van der Waals surface area contributed by atoms with Crippen molar-refractivity contribution in [3.05, 3.63) is 0 Å². The lowest BCUT2D eigenvalue weighted by atomic mass is 10.2. The summed E-state index contributed by atoms with van der Waals surface area (Å²) in [4.78, 5) is 30.8. The minimum Gasteiger partial charge on any atom is -0.481 e. The fourth-order valence-corrected chi connectivity index (χ4v) is 0.763. The van der Waals surface area contributed by atoms with E-state index in [1.165, 1.54) is 0 Å². The lowest BCUT2D eigenvalue weighted by Crippen LogP contribution is -2.44. The molecule has 8 heteroatoms. The molecule has 0 aliphatic heterocycles. The molecule has 0 aromatic carbocycles. The van der Waals surface area contributed by atoms with Crippen LogP contribution in [0.5, 0.6) is 0 Å². The van der Waals surface area contributed by atoms with E-state index in [1.807, 2.05) is 0 Å². The molecule has 0 rings (SSSR count). The van der Waals surface area contributed by atoms with Crippen molar-refractivity contribution in [3.63, 3.8) is 0 Å². The number of nitrogens with one attached hydrogen (secondary N) is 1. The molecule has 0 saturated heterocycles. The van der Waals surface area contributed by atoms with Gasteiger partial charge in [0, 0.05) is 6.54 Å². The van der Waals surface area contributed by atoms with Crippen LogP contribution in [0.15, 0.2) is 0 Å². The van der Waals surface area contributed by atoms with Gasteiger partial charge in [-0.05, 0) is 0 Å². The molecule has 0 heterocycles. The van der Waals surface area contributed by atoms with Gasteiger partial charge in [0.15, 0.2) is 6.10 Å². The molecule has 2 unspecified atom stereocenters. The molecule has 0 spiro atoms. The summed E-state index contributed by atoms with van der Waals surface area (Å²) < 4.78 is 0. The maximum atomic E-state index is 10.5. The first-order valence-electron chi connectivity index (χ1n) is 3.93. The topological polar surface area (TPSA) is 144 Å². The van der Waals surface area contributed by atoms with Crippen LogP contribution in [0.2, 0.25) is 0 Å². The van der Waals surface area contributed by atoms with E-state index in [1.54, 1.807) is 0 Å². The molecule has 0 bridgehead atoms. The van der Waals surface area contributed by atoms with Crippen LogP contribution >= 0.6 is 0 Å². The van der Waals surface area contributed by atoms with Gasteiger partial charge < -0.3 is 25.7 Å². The van der Waals surface area contributed by atoms with Gasteiger partial charge in [-0.25, -0.2) is 4.79 Å². The molecule has 0 fully saturated rings. The highest BCUT2D eigenvalue weighted by Gasteiger charge is 2.22. The molecule has 15 heavy (non-hydrogen) atoms. The van der Waals surface area contributed by atoms with E-state index < -0.39 is 43.0 Å². The van der Waals surface area contributed by atoms with Gasteiger partial charge in [-0.2, -0.15) is 0 Å². The third kappa shape index (κ3) is 5.60. The number of carboxylic acid groups (broad SMARTS) is 3. The number of aliphatic hydroxyl groups is 1. The molecular weight excluding hydrogens is 210 g/mol. The van der Waals surface area contributed by atoms with E-state index in [2.05, 4.69) is 5.32 Å². The van der Waals surface area contributed by atoms with Crippen LogP contribution in [0.3, 0.4) is 0 Å². The van der Waals surface area contributed by atoms with Gasteiger partial charge >= 0.3 is 17.9 Å². The van der Waals surface area contributed by atoms with Gasteiger partial charge in [0.25, 0.3) is 0 Å². The van der Waals surface area contributed by atoms with Crippen molar-refractivity contribution in [2.24, 2.45) is 0 Å². The highest BCUT2D eigenvalue weighted by atomic mass is 16.4. The van der Waals surface area contributed by atoms with E-state index in [9.17, 15) is 14.4 Å². The molecule has 2 atom stereocenters. The molecule has 0 aliphatic rings. The molecule has 0 amide bonds. The van der Waals surface area contributed by atoms with Crippen LogP contribution in [0.4, 0.5) is 0 Å². The van der Waals surface area contributed by atoms with Crippen LogP contribution < -0.4 is 5.32 Å². The molecule has 0 saturated carbocycles. The average molecular weight is 221 g/mol. The maximum Gasteiger partial charge on any atom is 0.333 e. The Labute approximate surface area is 84.1 Å². The molecule has 5 N–H and O–H groups in total. The van der Waals surface area contributed by atoms with Crippen molar-refractivity contribution in [1.82, 2.24) is 5.32 Å². The molecule has 0 aromatic rings. The van der Waals surface area contributed by atoms with Gasteiger partial charge in [-0.3, -0.25) is 9.59 Å². The second-order valence-electron chi connectivity index (χ2n) is 2.75. The number of aliphatic hydroxyl groups excluding tert-OH is 1. The number of rotatable bonds is 7. The van der Waals surface area contributed by atoms with Crippen molar-refractivity contribution in [2.75, 3.05) is 6.54 Å². The second kappa shape index (κ2) is 5.94. The standard InChI is InChI=1S/C7H11NO7/c9-4(7(14)15)2-8-3(6(12)13)1-5(10)11/h3-4,8-9H,1-2H2,(H,10,11)(H,12,13)(H,14,15). The Morgan fingerprint density at radius 1 is 1.07 bits per heavy atom. The third-order valence-electron chi connectivity index (χ3n) is 1.52. The summed E-state index contributed by atoms with van der Waals surface area (Å²) in [5.74, 6) is -4.27. The zero-order valence-corrected chi connectivity index (χ0v) is 7.58. The largest absolute Gasteiger partial charge is 0.481 e. The van der Waals surface area contributed by atoms with E-state index in [-0.39, 0.29) is 0 Å². The number of carboxylic acids is 3. The summed E-state index contributed by atoms with van der Waals surface area (Å²) in [6.45, 7) is -0.528. The Hall–Kier alpha value is -1.67. The quantitative estimate of drug-likeness (QED) is 0.330. The molecular formula is C7H11NO7. The van der Waals surface area contributed by atoms with Crippen molar-refractivity contribution in [1.29, 1.82) is 0 Å². The predicted octanol–water partition coefficient (Wildman–Crippen LogP) is -2.05. The zero-order valence-electron chi connectivity index (χ0n) is 7.58. The minimum absolute atomic E-state index is 0.528. The Balaban J connectivity index is 4.13. The highest BCUT2D eigenvalue weighted by Crippen LogP contribution is 1.93. The van der Waals surface area contributed by atoms with Crippen molar-refractivity contribution in [3.8, 4) is 0 Å². The summed E-state index contributed by atoms with van der Waals surface area (Å²) in [7, 11) is 0. The Morgan fingerprint density at radius 3 is 1.93 bits per heavy atom. The lowest BCUT2D eigenvalue weighted by Gasteiger charge is -2.13. The van der Waals surface area contributed by atoms with Crippen molar-refractivity contribution < 1.29 is 34.8 Å². The molecule has 86 valence electrons.